The van der Waals surface area contributed by atoms with Gasteiger partial charge < -0.3 is 5.32 Å². The van der Waals surface area contributed by atoms with Crippen molar-refractivity contribution in [3.63, 3.8) is 0 Å². The minimum Gasteiger partial charge on any atom is -0.377 e. The molecule has 0 aliphatic heterocycles. The lowest BCUT2D eigenvalue weighted by atomic mass is 9.85. The van der Waals surface area contributed by atoms with Crippen LogP contribution in [0, 0.1) is 27.7 Å². The highest BCUT2D eigenvalue weighted by molar-refractivity contribution is 5.62. The van der Waals surface area contributed by atoms with Gasteiger partial charge in [0.15, 0.2) is 17.3 Å². The first-order chi connectivity index (χ1) is 8.09. The Morgan fingerprint density at radius 3 is 2.65 bits per heavy atom. The van der Waals surface area contributed by atoms with E-state index >= 15 is 0 Å². The molecule has 1 saturated carbocycles. The molecule has 1 aliphatic carbocycles. The van der Waals surface area contributed by atoms with Crippen molar-refractivity contribution in [2.24, 2.45) is 5.92 Å². The monoisotopic (exact) mass is 242 g/mol. The van der Waals surface area contributed by atoms with Gasteiger partial charge in [-0.25, -0.2) is 8.78 Å². The van der Waals surface area contributed by atoms with Crippen LogP contribution in [0.3, 0.4) is 0 Å². The van der Waals surface area contributed by atoms with Crippen molar-refractivity contribution in [1.29, 1.82) is 0 Å². The van der Waals surface area contributed by atoms with Crippen molar-refractivity contribution in [2.75, 3.05) is 11.9 Å². The van der Waals surface area contributed by atoms with Gasteiger partial charge in [0.25, 0.3) is 5.69 Å². The second-order valence-corrected chi connectivity index (χ2v) is 4.19. The van der Waals surface area contributed by atoms with Crippen molar-refractivity contribution < 1.29 is 13.7 Å². The number of anilines is 1. The van der Waals surface area contributed by atoms with Crippen LogP contribution in [0.4, 0.5) is 20.2 Å². The first-order valence-corrected chi connectivity index (χ1v) is 5.46. The summed E-state index contributed by atoms with van der Waals surface area (Å²) >= 11 is 0. The zero-order chi connectivity index (χ0) is 12.4. The van der Waals surface area contributed by atoms with Crippen LogP contribution in [-0.2, 0) is 0 Å². The Balaban J connectivity index is 2.21. The van der Waals surface area contributed by atoms with E-state index in [2.05, 4.69) is 5.32 Å². The van der Waals surface area contributed by atoms with Crippen molar-refractivity contribution in [1.82, 2.24) is 0 Å². The van der Waals surface area contributed by atoms with E-state index in [9.17, 15) is 18.9 Å². The molecule has 1 aromatic carbocycles. The second kappa shape index (κ2) is 4.65. The van der Waals surface area contributed by atoms with Crippen molar-refractivity contribution in [2.45, 2.75) is 19.3 Å². The summed E-state index contributed by atoms with van der Waals surface area (Å²) in [6.45, 7) is 0.446. The normalized spacial score (nSPS) is 15.4. The molecule has 0 amide bonds. The molecule has 0 bridgehead atoms. The van der Waals surface area contributed by atoms with Gasteiger partial charge >= 0.3 is 0 Å². The maximum absolute atomic E-state index is 13.5. The van der Waals surface area contributed by atoms with Crippen LogP contribution in [-0.4, -0.2) is 11.5 Å². The molecule has 0 heterocycles. The molecule has 1 N–H and O–H groups in total. The lowest BCUT2D eigenvalue weighted by Gasteiger charge is -2.25. The minimum atomic E-state index is -1.18. The molecule has 2 rings (SSSR count). The van der Waals surface area contributed by atoms with Crippen LogP contribution in [0.1, 0.15) is 19.3 Å². The molecule has 1 fully saturated rings. The average molecular weight is 242 g/mol. The summed E-state index contributed by atoms with van der Waals surface area (Å²) < 4.78 is 26.5. The van der Waals surface area contributed by atoms with Gasteiger partial charge in [0.2, 0.25) is 0 Å². The van der Waals surface area contributed by atoms with Gasteiger partial charge in [-0.05, 0) is 24.8 Å². The molecule has 0 radical (unpaired) electrons. The van der Waals surface area contributed by atoms with E-state index in [-0.39, 0.29) is 5.69 Å². The van der Waals surface area contributed by atoms with Gasteiger partial charge in [-0.2, -0.15) is 0 Å². The molecule has 0 atom stereocenters. The first-order valence-electron chi connectivity index (χ1n) is 5.46. The van der Waals surface area contributed by atoms with Crippen LogP contribution >= 0.6 is 0 Å². The number of nitro benzene ring substituents is 1. The Labute approximate surface area is 96.8 Å². The predicted octanol–water partition coefficient (Wildman–Crippen LogP) is 3.09. The third kappa shape index (κ3) is 2.35. The predicted molar refractivity (Wildman–Crippen MR) is 58.8 cm³/mol. The molecule has 1 aromatic rings. The molecule has 0 saturated heterocycles. The van der Waals surface area contributed by atoms with Gasteiger partial charge in [0, 0.05) is 12.6 Å². The number of hydrogen-bond acceptors (Lipinski definition) is 3. The highest BCUT2D eigenvalue weighted by Gasteiger charge is 2.23. The molecule has 6 heteroatoms. The van der Waals surface area contributed by atoms with E-state index in [1.54, 1.807) is 0 Å². The summed E-state index contributed by atoms with van der Waals surface area (Å²) in [7, 11) is 0. The standard InChI is InChI=1S/C11H12F2N2O2/c12-8-4-5-9(15(16)17)11(10(8)13)14-6-7-2-1-3-7/h4-5,7,14H,1-3,6H2. The number of benzene rings is 1. The number of nitrogens with one attached hydrogen (secondary N) is 1. The third-order valence-electron chi connectivity index (χ3n) is 3.06. The molecule has 17 heavy (non-hydrogen) atoms. The molecular formula is C11H12F2N2O2. The van der Waals surface area contributed by atoms with Gasteiger partial charge in [0.05, 0.1) is 4.92 Å². The summed E-state index contributed by atoms with van der Waals surface area (Å²) in [6.07, 6.45) is 3.18. The molecule has 92 valence electrons. The zero-order valence-electron chi connectivity index (χ0n) is 9.08. The largest absolute Gasteiger partial charge is 0.377 e. The van der Waals surface area contributed by atoms with Crippen molar-refractivity contribution in [3.8, 4) is 0 Å². The maximum atomic E-state index is 13.5. The molecule has 0 aromatic heterocycles. The maximum Gasteiger partial charge on any atom is 0.295 e. The first kappa shape index (κ1) is 11.8. The topological polar surface area (TPSA) is 55.2 Å². The van der Waals surface area contributed by atoms with Gasteiger partial charge in [-0.3, -0.25) is 10.1 Å². The lowest BCUT2D eigenvalue weighted by molar-refractivity contribution is -0.384. The molecule has 0 unspecified atom stereocenters. The van der Waals surface area contributed by atoms with E-state index in [0.717, 1.165) is 31.4 Å². The van der Waals surface area contributed by atoms with Gasteiger partial charge in [-0.15, -0.1) is 0 Å². The van der Waals surface area contributed by atoms with E-state index < -0.39 is 22.2 Å². The minimum absolute atomic E-state index is 0.345. The molecular weight excluding hydrogens is 230 g/mol. The van der Waals surface area contributed by atoms with Crippen LogP contribution < -0.4 is 5.32 Å². The van der Waals surface area contributed by atoms with Crippen LogP contribution in [0.15, 0.2) is 12.1 Å². The highest BCUT2D eigenvalue weighted by Crippen LogP contribution is 2.31. The SMILES string of the molecule is O=[N+]([O-])c1ccc(F)c(F)c1NCC1CCC1. The Morgan fingerprint density at radius 1 is 1.41 bits per heavy atom. The summed E-state index contributed by atoms with van der Waals surface area (Å²) in [5, 5.41) is 13.3. The van der Waals surface area contributed by atoms with Crippen LogP contribution in [0.5, 0.6) is 0 Å². The van der Waals surface area contributed by atoms with E-state index in [0.29, 0.717) is 12.5 Å². The average Bonchev–Trinajstić information content (AvgIpc) is 2.21. The Morgan fingerprint density at radius 2 is 2.12 bits per heavy atom. The summed E-state index contributed by atoms with van der Waals surface area (Å²) in [5.41, 5.74) is -0.773. The van der Waals surface area contributed by atoms with Crippen molar-refractivity contribution >= 4 is 11.4 Å². The van der Waals surface area contributed by atoms with Crippen LogP contribution in [0.2, 0.25) is 0 Å². The van der Waals surface area contributed by atoms with Crippen LogP contribution in [0.25, 0.3) is 0 Å². The Hall–Kier alpha value is -1.72. The fourth-order valence-electron chi connectivity index (χ4n) is 1.80. The number of rotatable bonds is 4. The smallest absolute Gasteiger partial charge is 0.295 e. The van der Waals surface area contributed by atoms with Crippen molar-refractivity contribution in [3.05, 3.63) is 33.9 Å². The number of halogens is 2. The Bertz CT molecular complexity index is 447. The molecule has 0 spiro atoms. The Kier molecular flexibility index (Phi) is 3.21. The van der Waals surface area contributed by atoms with E-state index in [1.165, 1.54) is 0 Å². The second-order valence-electron chi connectivity index (χ2n) is 4.19. The van der Waals surface area contributed by atoms with E-state index in [1.807, 2.05) is 0 Å². The van der Waals surface area contributed by atoms with Gasteiger partial charge in [0.1, 0.15) is 0 Å². The molecule has 4 nitrogen and oxygen atoms in total. The molecule has 1 aliphatic rings. The zero-order valence-corrected chi connectivity index (χ0v) is 9.08. The lowest BCUT2D eigenvalue weighted by Crippen LogP contribution is -2.22. The third-order valence-corrected chi connectivity index (χ3v) is 3.06. The highest BCUT2D eigenvalue weighted by atomic mass is 19.2. The van der Waals surface area contributed by atoms with E-state index in [4.69, 9.17) is 0 Å². The fourth-order valence-corrected chi connectivity index (χ4v) is 1.80. The quantitative estimate of drug-likeness (QED) is 0.652. The summed E-state index contributed by atoms with van der Waals surface area (Å²) in [5.74, 6) is -1.86. The van der Waals surface area contributed by atoms with Gasteiger partial charge in [-0.1, -0.05) is 6.42 Å². The summed E-state index contributed by atoms with van der Waals surface area (Å²) in [6, 6.07) is 1.74. The summed E-state index contributed by atoms with van der Waals surface area (Å²) in [4.78, 5) is 9.97. The number of nitro groups is 1. The number of nitrogens with zero attached hydrogens (tertiary/aromatic N) is 1. The fraction of sp³-hybridized carbons (Fsp3) is 0.455. The number of hydrogen-bond donors (Lipinski definition) is 1.